The SMILES string of the molecule is CCOC(=O)c1nn(-c2ccc(Cl)cc2)c2c1CN(C(=O)c1c(Cl)ccc(Cl)c1OC)CC2. The average molecular weight is 509 g/mol. The van der Waals surface area contributed by atoms with Gasteiger partial charge in [0.1, 0.15) is 5.56 Å². The number of hydrogen-bond donors (Lipinski definition) is 0. The first-order valence-corrected chi connectivity index (χ1v) is 11.3. The fourth-order valence-electron chi connectivity index (χ4n) is 3.84. The third kappa shape index (κ3) is 4.40. The number of rotatable bonds is 5. The number of esters is 1. The molecule has 1 amide bonds. The van der Waals surface area contributed by atoms with Gasteiger partial charge < -0.3 is 14.4 Å². The van der Waals surface area contributed by atoms with E-state index in [1.54, 1.807) is 40.8 Å². The summed E-state index contributed by atoms with van der Waals surface area (Å²) >= 11 is 18.6. The van der Waals surface area contributed by atoms with E-state index < -0.39 is 5.97 Å². The number of carbonyl (C=O) groups is 2. The Balaban J connectivity index is 1.75. The van der Waals surface area contributed by atoms with Crippen molar-refractivity contribution in [1.29, 1.82) is 0 Å². The number of amides is 1. The number of carbonyl (C=O) groups excluding carboxylic acids is 2. The van der Waals surface area contributed by atoms with Crippen molar-refractivity contribution >= 4 is 46.7 Å². The molecule has 1 aliphatic heterocycles. The minimum atomic E-state index is -0.547. The molecule has 0 unspecified atom stereocenters. The number of fused-ring (bicyclic) bond motifs is 1. The van der Waals surface area contributed by atoms with Crippen molar-refractivity contribution in [3.63, 3.8) is 0 Å². The Labute approximate surface area is 205 Å². The van der Waals surface area contributed by atoms with E-state index in [1.807, 2.05) is 12.1 Å². The number of ether oxygens (including phenoxy) is 2. The molecule has 1 aromatic heterocycles. The minimum Gasteiger partial charge on any atom is -0.494 e. The zero-order chi connectivity index (χ0) is 23.7. The Kier molecular flexibility index (Phi) is 6.83. The van der Waals surface area contributed by atoms with Crippen LogP contribution >= 0.6 is 34.8 Å². The predicted octanol–water partition coefficient (Wildman–Crippen LogP) is 5.22. The van der Waals surface area contributed by atoms with E-state index in [0.29, 0.717) is 23.6 Å². The lowest BCUT2D eigenvalue weighted by Crippen LogP contribution is -2.37. The van der Waals surface area contributed by atoms with E-state index in [4.69, 9.17) is 44.3 Å². The Morgan fingerprint density at radius 1 is 1.06 bits per heavy atom. The van der Waals surface area contributed by atoms with Crippen LogP contribution in [0.5, 0.6) is 5.75 Å². The third-order valence-electron chi connectivity index (χ3n) is 5.36. The van der Waals surface area contributed by atoms with E-state index in [2.05, 4.69) is 5.10 Å². The van der Waals surface area contributed by atoms with Crippen molar-refractivity contribution in [3.05, 3.63) is 74.0 Å². The molecular weight excluding hydrogens is 489 g/mol. The number of aromatic nitrogens is 2. The van der Waals surface area contributed by atoms with Gasteiger partial charge in [0, 0.05) is 23.6 Å². The molecule has 0 atom stereocenters. The molecule has 7 nitrogen and oxygen atoms in total. The summed E-state index contributed by atoms with van der Waals surface area (Å²) in [6, 6.07) is 10.3. The van der Waals surface area contributed by atoms with Crippen LogP contribution in [-0.2, 0) is 17.7 Å². The van der Waals surface area contributed by atoms with Gasteiger partial charge >= 0.3 is 5.97 Å². The van der Waals surface area contributed by atoms with E-state index in [0.717, 1.165) is 11.4 Å². The van der Waals surface area contributed by atoms with Crippen molar-refractivity contribution in [2.75, 3.05) is 20.3 Å². The maximum Gasteiger partial charge on any atom is 0.359 e. The molecule has 4 rings (SSSR count). The summed E-state index contributed by atoms with van der Waals surface area (Å²) in [6.07, 6.45) is 0.469. The molecule has 0 fully saturated rings. The predicted molar refractivity (Wildman–Crippen MR) is 126 cm³/mol. The van der Waals surface area contributed by atoms with Crippen LogP contribution in [0.4, 0.5) is 0 Å². The number of methoxy groups -OCH3 is 1. The van der Waals surface area contributed by atoms with Crippen LogP contribution in [0, 0.1) is 0 Å². The summed E-state index contributed by atoms with van der Waals surface area (Å²) in [7, 11) is 1.43. The maximum absolute atomic E-state index is 13.4. The van der Waals surface area contributed by atoms with Gasteiger partial charge in [0.25, 0.3) is 5.91 Å². The van der Waals surface area contributed by atoms with Gasteiger partial charge in [-0.3, -0.25) is 4.79 Å². The highest BCUT2D eigenvalue weighted by atomic mass is 35.5. The average Bonchev–Trinajstić information content (AvgIpc) is 3.19. The molecule has 1 aliphatic rings. The number of hydrogen-bond acceptors (Lipinski definition) is 5. The second kappa shape index (κ2) is 9.63. The molecular formula is C23H20Cl3N3O4. The highest BCUT2D eigenvalue weighted by molar-refractivity contribution is 6.37. The summed E-state index contributed by atoms with van der Waals surface area (Å²) in [4.78, 5) is 27.7. The standard InChI is InChI=1S/C23H20Cl3N3O4/c1-3-33-23(31)20-15-12-28(22(30)19-16(25)8-9-17(26)21(19)32-2)11-10-18(15)29(27-20)14-6-4-13(24)5-7-14/h4-9H,3,10-12H2,1-2H3. The largest absolute Gasteiger partial charge is 0.494 e. The topological polar surface area (TPSA) is 73.7 Å². The Morgan fingerprint density at radius 2 is 1.76 bits per heavy atom. The van der Waals surface area contributed by atoms with Crippen LogP contribution in [0.3, 0.4) is 0 Å². The fraction of sp³-hybridized carbons (Fsp3) is 0.261. The van der Waals surface area contributed by atoms with Crippen LogP contribution in [0.15, 0.2) is 36.4 Å². The second-order valence-electron chi connectivity index (χ2n) is 7.30. The lowest BCUT2D eigenvalue weighted by atomic mass is 10.0. The fourth-order valence-corrected chi connectivity index (χ4v) is 4.43. The van der Waals surface area contributed by atoms with Gasteiger partial charge in [-0.05, 0) is 43.3 Å². The molecule has 2 aromatic carbocycles. The van der Waals surface area contributed by atoms with Crippen molar-refractivity contribution in [1.82, 2.24) is 14.7 Å². The lowest BCUT2D eigenvalue weighted by molar-refractivity contribution is 0.0513. The van der Waals surface area contributed by atoms with Gasteiger partial charge in [-0.2, -0.15) is 5.10 Å². The van der Waals surface area contributed by atoms with Gasteiger partial charge in [-0.25, -0.2) is 9.48 Å². The first kappa shape index (κ1) is 23.4. The molecule has 172 valence electrons. The van der Waals surface area contributed by atoms with Gasteiger partial charge in [-0.1, -0.05) is 34.8 Å². The molecule has 0 N–H and O–H groups in total. The van der Waals surface area contributed by atoms with Crippen molar-refractivity contribution in [2.45, 2.75) is 19.9 Å². The summed E-state index contributed by atoms with van der Waals surface area (Å²) in [5.41, 5.74) is 2.56. The molecule has 0 spiro atoms. The van der Waals surface area contributed by atoms with E-state index in [1.165, 1.54) is 7.11 Å². The summed E-state index contributed by atoms with van der Waals surface area (Å²) in [5.74, 6) is -0.685. The van der Waals surface area contributed by atoms with Gasteiger partial charge in [0.15, 0.2) is 11.4 Å². The van der Waals surface area contributed by atoms with Crippen molar-refractivity contribution in [2.24, 2.45) is 0 Å². The van der Waals surface area contributed by atoms with Crippen LogP contribution < -0.4 is 4.74 Å². The molecule has 3 aromatic rings. The van der Waals surface area contributed by atoms with Crippen molar-refractivity contribution in [3.8, 4) is 11.4 Å². The van der Waals surface area contributed by atoms with Crippen LogP contribution in [0.2, 0.25) is 15.1 Å². The Morgan fingerprint density at radius 3 is 2.42 bits per heavy atom. The summed E-state index contributed by atoms with van der Waals surface area (Å²) in [6.45, 7) is 2.48. The third-order valence-corrected chi connectivity index (χ3v) is 6.23. The monoisotopic (exact) mass is 507 g/mol. The van der Waals surface area contributed by atoms with Gasteiger partial charge in [0.2, 0.25) is 0 Å². The molecule has 10 heteroatoms. The molecule has 2 heterocycles. The zero-order valence-electron chi connectivity index (χ0n) is 17.9. The Bertz CT molecular complexity index is 1220. The lowest BCUT2D eigenvalue weighted by Gasteiger charge is -2.28. The molecule has 33 heavy (non-hydrogen) atoms. The normalized spacial score (nSPS) is 12.9. The molecule has 0 saturated carbocycles. The second-order valence-corrected chi connectivity index (χ2v) is 8.55. The molecule has 0 bridgehead atoms. The zero-order valence-corrected chi connectivity index (χ0v) is 20.2. The number of halogens is 3. The number of nitrogens with zero attached hydrogens (tertiary/aromatic N) is 3. The van der Waals surface area contributed by atoms with E-state index >= 15 is 0 Å². The minimum absolute atomic E-state index is 0.155. The van der Waals surface area contributed by atoms with Crippen LogP contribution in [-0.4, -0.2) is 46.8 Å². The van der Waals surface area contributed by atoms with E-state index in [-0.39, 0.29) is 46.1 Å². The first-order valence-electron chi connectivity index (χ1n) is 10.2. The smallest absolute Gasteiger partial charge is 0.359 e. The summed E-state index contributed by atoms with van der Waals surface area (Å²) in [5, 5.41) is 5.64. The van der Waals surface area contributed by atoms with E-state index in [9.17, 15) is 9.59 Å². The summed E-state index contributed by atoms with van der Waals surface area (Å²) < 4.78 is 12.3. The molecule has 0 radical (unpaired) electrons. The highest BCUT2D eigenvalue weighted by Crippen LogP contribution is 2.36. The first-order chi connectivity index (χ1) is 15.8. The molecule has 0 saturated heterocycles. The van der Waals surface area contributed by atoms with Crippen molar-refractivity contribution < 1.29 is 19.1 Å². The maximum atomic E-state index is 13.4. The quantitative estimate of drug-likeness (QED) is 0.442. The Hall–Kier alpha value is -2.74. The highest BCUT2D eigenvalue weighted by Gasteiger charge is 2.33. The van der Waals surface area contributed by atoms with Gasteiger partial charge in [-0.15, -0.1) is 0 Å². The van der Waals surface area contributed by atoms with Crippen LogP contribution in [0.25, 0.3) is 5.69 Å². The van der Waals surface area contributed by atoms with Crippen LogP contribution in [0.1, 0.15) is 39.0 Å². The number of benzene rings is 2. The van der Waals surface area contributed by atoms with Gasteiger partial charge in [0.05, 0.1) is 41.7 Å². The molecule has 0 aliphatic carbocycles.